The zero-order valence-corrected chi connectivity index (χ0v) is 8.47. The summed E-state index contributed by atoms with van der Waals surface area (Å²) >= 11 is 1.94. The number of nitrogens with zero attached hydrogens (tertiary/aromatic N) is 1. The Balaban J connectivity index is 2.48. The van der Waals surface area contributed by atoms with Gasteiger partial charge in [-0.25, -0.2) is 0 Å². The highest BCUT2D eigenvalue weighted by Gasteiger charge is 1.96. The fourth-order valence-corrected chi connectivity index (χ4v) is 1.59. The third-order valence-electron chi connectivity index (χ3n) is 1.69. The summed E-state index contributed by atoms with van der Waals surface area (Å²) in [6.45, 7) is 2.18. The first-order valence-electron chi connectivity index (χ1n) is 4.18. The van der Waals surface area contributed by atoms with E-state index in [1.165, 1.54) is 11.4 Å². The molecule has 1 rings (SSSR count). The minimum absolute atomic E-state index is 1.07. The molecule has 2 heteroatoms. The summed E-state index contributed by atoms with van der Waals surface area (Å²) in [4.78, 5) is 2.26. The van der Waals surface area contributed by atoms with Crippen molar-refractivity contribution in [2.75, 3.05) is 23.6 Å². The lowest BCUT2D eigenvalue weighted by atomic mass is 10.3. The molecule has 12 heavy (non-hydrogen) atoms. The summed E-state index contributed by atoms with van der Waals surface area (Å²) < 4.78 is 0. The third-order valence-corrected chi connectivity index (χ3v) is 2.66. The number of benzene rings is 1. The van der Waals surface area contributed by atoms with Crippen LogP contribution in [0.5, 0.6) is 0 Å². The summed E-state index contributed by atoms with van der Waals surface area (Å²) in [6.07, 6.45) is 0. The Morgan fingerprint density at radius 1 is 1.25 bits per heavy atom. The molecule has 0 unspecified atom stereocenters. The zero-order chi connectivity index (χ0) is 8.81. The van der Waals surface area contributed by atoms with Gasteiger partial charge in [0.2, 0.25) is 0 Å². The minimum atomic E-state index is 1.07. The Morgan fingerprint density at radius 2 is 1.92 bits per heavy atom. The Labute approximate surface area is 78.8 Å². The van der Waals surface area contributed by atoms with E-state index in [2.05, 4.69) is 43.1 Å². The molecule has 1 nitrogen and oxygen atoms in total. The van der Waals surface area contributed by atoms with Crippen LogP contribution in [0.2, 0.25) is 0 Å². The molecule has 0 radical (unpaired) electrons. The number of hydrogen-bond donors (Lipinski definition) is 0. The topological polar surface area (TPSA) is 3.24 Å². The van der Waals surface area contributed by atoms with Crippen molar-refractivity contribution in [3.63, 3.8) is 0 Å². The van der Waals surface area contributed by atoms with Crippen molar-refractivity contribution in [3.05, 3.63) is 30.3 Å². The van der Waals surface area contributed by atoms with E-state index in [0.29, 0.717) is 0 Å². The standard InChI is InChI=1S/C10H15NS/c1-3-12-9-11(2)10-7-5-4-6-8-10/h4-8H,3,9H2,1-2H3. The van der Waals surface area contributed by atoms with Crippen LogP contribution in [0.4, 0.5) is 5.69 Å². The van der Waals surface area contributed by atoms with Gasteiger partial charge in [-0.15, -0.1) is 11.8 Å². The molecule has 0 bridgehead atoms. The van der Waals surface area contributed by atoms with Crippen molar-refractivity contribution in [2.24, 2.45) is 0 Å². The molecule has 0 atom stereocenters. The number of hydrogen-bond acceptors (Lipinski definition) is 2. The van der Waals surface area contributed by atoms with Crippen LogP contribution in [-0.4, -0.2) is 18.7 Å². The summed E-state index contributed by atoms with van der Waals surface area (Å²) in [5.74, 6) is 2.25. The molecule has 0 aliphatic heterocycles. The molecule has 0 spiro atoms. The fourth-order valence-electron chi connectivity index (χ4n) is 0.985. The average Bonchev–Trinajstić information content (AvgIpc) is 2.15. The molecule has 0 aliphatic rings. The number of rotatable bonds is 4. The van der Waals surface area contributed by atoms with Crippen molar-refractivity contribution in [3.8, 4) is 0 Å². The van der Waals surface area contributed by atoms with E-state index in [4.69, 9.17) is 0 Å². The Hall–Kier alpha value is -0.630. The summed E-state index contributed by atoms with van der Waals surface area (Å²) in [6, 6.07) is 10.5. The van der Waals surface area contributed by atoms with Crippen LogP contribution in [0.15, 0.2) is 30.3 Å². The van der Waals surface area contributed by atoms with Crippen LogP contribution in [0.3, 0.4) is 0 Å². The predicted octanol–water partition coefficient (Wildman–Crippen LogP) is 2.83. The second-order valence-corrected chi connectivity index (χ2v) is 3.90. The lowest BCUT2D eigenvalue weighted by Gasteiger charge is -2.17. The van der Waals surface area contributed by atoms with Gasteiger partial charge in [0.25, 0.3) is 0 Å². The molecule has 0 amide bonds. The van der Waals surface area contributed by atoms with E-state index < -0.39 is 0 Å². The van der Waals surface area contributed by atoms with Crippen molar-refractivity contribution >= 4 is 17.4 Å². The number of para-hydroxylation sites is 1. The molecule has 0 aromatic heterocycles. The first-order valence-corrected chi connectivity index (χ1v) is 5.34. The van der Waals surface area contributed by atoms with Gasteiger partial charge in [-0.3, -0.25) is 0 Å². The van der Waals surface area contributed by atoms with E-state index in [9.17, 15) is 0 Å². The van der Waals surface area contributed by atoms with Gasteiger partial charge in [-0.05, 0) is 17.9 Å². The Morgan fingerprint density at radius 3 is 2.50 bits per heavy atom. The number of thioether (sulfide) groups is 1. The first-order chi connectivity index (χ1) is 5.84. The molecule has 0 fully saturated rings. The lowest BCUT2D eigenvalue weighted by Crippen LogP contribution is -2.15. The molecule has 66 valence electrons. The highest BCUT2D eigenvalue weighted by molar-refractivity contribution is 7.99. The lowest BCUT2D eigenvalue weighted by molar-refractivity contribution is 1.10. The van der Waals surface area contributed by atoms with Gasteiger partial charge in [0.05, 0.1) is 5.88 Å². The van der Waals surface area contributed by atoms with E-state index in [1.54, 1.807) is 0 Å². The van der Waals surface area contributed by atoms with Crippen LogP contribution in [0.1, 0.15) is 6.92 Å². The SMILES string of the molecule is CCSCN(C)c1ccccc1. The monoisotopic (exact) mass is 181 g/mol. The quantitative estimate of drug-likeness (QED) is 0.657. The molecule has 0 heterocycles. The predicted molar refractivity (Wildman–Crippen MR) is 57.8 cm³/mol. The fraction of sp³-hybridized carbons (Fsp3) is 0.400. The highest BCUT2D eigenvalue weighted by atomic mass is 32.2. The van der Waals surface area contributed by atoms with Crippen molar-refractivity contribution in [1.82, 2.24) is 0 Å². The summed E-state index contributed by atoms with van der Waals surface area (Å²) in [5.41, 5.74) is 1.29. The largest absolute Gasteiger partial charge is 0.365 e. The zero-order valence-electron chi connectivity index (χ0n) is 7.66. The van der Waals surface area contributed by atoms with Crippen LogP contribution in [0, 0.1) is 0 Å². The minimum Gasteiger partial charge on any atom is -0.365 e. The molecular weight excluding hydrogens is 166 g/mol. The third kappa shape index (κ3) is 2.78. The van der Waals surface area contributed by atoms with Gasteiger partial charge in [-0.1, -0.05) is 25.1 Å². The Kier molecular flexibility index (Phi) is 4.01. The van der Waals surface area contributed by atoms with Gasteiger partial charge in [0.1, 0.15) is 0 Å². The normalized spacial score (nSPS) is 9.83. The van der Waals surface area contributed by atoms with Crippen molar-refractivity contribution in [1.29, 1.82) is 0 Å². The van der Waals surface area contributed by atoms with Crippen LogP contribution < -0.4 is 4.90 Å². The smallest absolute Gasteiger partial charge is 0.0636 e. The molecule has 0 saturated heterocycles. The van der Waals surface area contributed by atoms with Crippen molar-refractivity contribution < 1.29 is 0 Å². The molecule has 0 aliphatic carbocycles. The first kappa shape index (κ1) is 9.46. The van der Waals surface area contributed by atoms with Crippen molar-refractivity contribution in [2.45, 2.75) is 6.92 Å². The molecule has 1 aromatic rings. The molecular formula is C10H15NS. The summed E-state index contributed by atoms with van der Waals surface area (Å²) in [7, 11) is 2.12. The maximum Gasteiger partial charge on any atom is 0.0636 e. The van der Waals surface area contributed by atoms with Gasteiger partial charge in [-0.2, -0.15) is 0 Å². The highest BCUT2D eigenvalue weighted by Crippen LogP contribution is 2.13. The maximum atomic E-state index is 2.26. The van der Waals surface area contributed by atoms with Crippen LogP contribution >= 0.6 is 11.8 Å². The van der Waals surface area contributed by atoms with E-state index in [0.717, 1.165) is 5.88 Å². The van der Waals surface area contributed by atoms with Gasteiger partial charge < -0.3 is 4.90 Å². The molecule has 0 N–H and O–H groups in total. The average molecular weight is 181 g/mol. The molecule has 0 saturated carbocycles. The number of anilines is 1. The van der Waals surface area contributed by atoms with E-state index >= 15 is 0 Å². The van der Waals surface area contributed by atoms with Gasteiger partial charge >= 0.3 is 0 Å². The van der Waals surface area contributed by atoms with E-state index in [1.807, 2.05) is 17.8 Å². The molecule has 1 aromatic carbocycles. The van der Waals surface area contributed by atoms with Gasteiger partial charge in [0, 0.05) is 12.7 Å². The summed E-state index contributed by atoms with van der Waals surface area (Å²) in [5, 5.41) is 0. The van der Waals surface area contributed by atoms with Crippen LogP contribution in [-0.2, 0) is 0 Å². The van der Waals surface area contributed by atoms with E-state index in [-0.39, 0.29) is 0 Å². The second-order valence-electron chi connectivity index (χ2n) is 2.66. The van der Waals surface area contributed by atoms with Gasteiger partial charge in [0.15, 0.2) is 0 Å². The maximum absolute atomic E-state index is 2.26. The van der Waals surface area contributed by atoms with Crippen LogP contribution in [0.25, 0.3) is 0 Å². The second kappa shape index (κ2) is 5.09. The Bertz CT molecular complexity index is 210.